The van der Waals surface area contributed by atoms with Gasteiger partial charge in [-0.15, -0.1) is 0 Å². The van der Waals surface area contributed by atoms with Crippen molar-refractivity contribution >= 4 is 27.4 Å². The highest BCUT2D eigenvalue weighted by molar-refractivity contribution is 7.86. The van der Waals surface area contributed by atoms with E-state index in [1.165, 1.54) is 8.61 Å². The van der Waals surface area contributed by atoms with Gasteiger partial charge in [-0.25, -0.2) is 0 Å². The maximum Gasteiger partial charge on any atom is 0.282 e. The number of thiocarbonyl (C=S) groups is 1. The summed E-state index contributed by atoms with van der Waals surface area (Å²) >= 11 is 4.76. The zero-order chi connectivity index (χ0) is 12.9. The summed E-state index contributed by atoms with van der Waals surface area (Å²) in [6.45, 7) is 4.28. The summed E-state index contributed by atoms with van der Waals surface area (Å²) < 4.78 is 32.5. The number of hydrogen-bond acceptors (Lipinski definition) is 4. The van der Waals surface area contributed by atoms with Crippen molar-refractivity contribution < 1.29 is 13.2 Å². The predicted molar refractivity (Wildman–Crippen MR) is 70.0 cm³/mol. The van der Waals surface area contributed by atoms with E-state index in [4.69, 9.17) is 22.7 Å². The van der Waals surface area contributed by atoms with Gasteiger partial charge in [0.1, 0.15) is 0 Å². The Kier molecular flexibility index (Phi) is 5.74. The second kappa shape index (κ2) is 6.60. The van der Waals surface area contributed by atoms with Crippen LogP contribution >= 0.6 is 12.2 Å². The van der Waals surface area contributed by atoms with Crippen molar-refractivity contribution in [3.05, 3.63) is 0 Å². The number of hydrogen-bond donors (Lipinski definition) is 1. The molecule has 1 aliphatic rings. The zero-order valence-corrected chi connectivity index (χ0v) is 11.6. The number of morpholine rings is 1. The van der Waals surface area contributed by atoms with Crippen LogP contribution in [0.25, 0.3) is 0 Å². The first-order chi connectivity index (χ1) is 7.98. The molecule has 0 bridgehead atoms. The molecular weight excluding hydrogens is 262 g/mol. The lowest BCUT2D eigenvalue weighted by molar-refractivity contribution is 0.0703. The third-order valence-corrected chi connectivity index (χ3v) is 4.90. The number of nitrogens with two attached hydrogens (primary N) is 1. The molecule has 0 aliphatic carbocycles. The van der Waals surface area contributed by atoms with Crippen molar-refractivity contribution in [2.45, 2.75) is 13.3 Å². The number of nitrogens with zero attached hydrogens (tertiary/aromatic N) is 2. The molecular formula is C9H19N3O3S2. The zero-order valence-electron chi connectivity index (χ0n) is 9.96. The molecule has 1 aliphatic heterocycles. The Labute approximate surface area is 108 Å². The Morgan fingerprint density at radius 1 is 1.47 bits per heavy atom. The van der Waals surface area contributed by atoms with Gasteiger partial charge in [0.05, 0.1) is 18.2 Å². The van der Waals surface area contributed by atoms with E-state index in [1.807, 2.05) is 0 Å². The van der Waals surface area contributed by atoms with Crippen LogP contribution in [0.15, 0.2) is 0 Å². The molecule has 0 aromatic rings. The highest BCUT2D eigenvalue weighted by Crippen LogP contribution is 2.11. The van der Waals surface area contributed by atoms with Crippen molar-refractivity contribution in [2.75, 3.05) is 39.4 Å². The predicted octanol–water partition coefficient (Wildman–Crippen LogP) is -0.438. The third kappa shape index (κ3) is 4.14. The Bertz CT molecular complexity index is 352. The van der Waals surface area contributed by atoms with Gasteiger partial charge < -0.3 is 10.5 Å². The Hall–Kier alpha value is -0.280. The Balaban J connectivity index is 2.67. The molecule has 0 amide bonds. The maximum atomic E-state index is 12.2. The van der Waals surface area contributed by atoms with Gasteiger partial charge in [-0.05, 0) is 0 Å². The minimum Gasteiger partial charge on any atom is -0.393 e. The van der Waals surface area contributed by atoms with E-state index in [2.05, 4.69) is 0 Å². The van der Waals surface area contributed by atoms with Crippen molar-refractivity contribution in [3.63, 3.8) is 0 Å². The maximum absolute atomic E-state index is 12.2. The van der Waals surface area contributed by atoms with Crippen molar-refractivity contribution in [2.24, 2.45) is 5.73 Å². The van der Waals surface area contributed by atoms with Crippen LogP contribution in [0, 0.1) is 0 Å². The van der Waals surface area contributed by atoms with Gasteiger partial charge in [0.2, 0.25) is 0 Å². The SMILES string of the molecule is CCN(CCC(N)=S)S(=O)(=O)N1CCOCC1. The van der Waals surface area contributed by atoms with Gasteiger partial charge in [0, 0.05) is 32.6 Å². The number of ether oxygens (including phenoxy) is 1. The van der Waals surface area contributed by atoms with Crippen molar-refractivity contribution in [1.29, 1.82) is 0 Å². The molecule has 0 aromatic carbocycles. The highest BCUT2D eigenvalue weighted by Gasteiger charge is 2.29. The van der Waals surface area contributed by atoms with Crippen LogP contribution in [0.4, 0.5) is 0 Å². The van der Waals surface area contributed by atoms with E-state index in [9.17, 15) is 8.42 Å². The van der Waals surface area contributed by atoms with Gasteiger partial charge in [0.15, 0.2) is 0 Å². The Morgan fingerprint density at radius 2 is 2.06 bits per heavy atom. The van der Waals surface area contributed by atoms with Gasteiger partial charge >= 0.3 is 0 Å². The van der Waals surface area contributed by atoms with Crippen LogP contribution in [-0.2, 0) is 14.9 Å². The minimum absolute atomic E-state index is 0.334. The summed E-state index contributed by atoms with van der Waals surface area (Å²) in [7, 11) is -3.40. The van der Waals surface area contributed by atoms with Gasteiger partial charge in [-0.3, -0.25) is 0 Å². The van der Waals surface area contributed by atoms with Crippen LogP contribution in [0.3, 0.4) is 0 Å². The fourth-order valence-electron chi connectivity index (χ4n) is 1.61. The van der Waals surface area contributed by atoms with Crippen LogP contribution in [0.2, 0.25) is 0 Å². The van der Waals surface area contributed by atoms with Crippen LogP contribution in [0.1, 0.15) is 13.3 Å². The Morgan fingerprint density at radius 3 is 2.53 bits per heavy atom. The quantitative estimate of drug-likeness (QED) is 0.668. The molecule has 6 nitrogen and oxygen atoms in total. The lowest BCUT2D eigenvalue weighted by atomic mass is 10.4. The molecule has 1 saturated heterocycles. The van der Waals surface area contributed by atoms with Gasteiger partial charge in [0.25, 0.3) is 10.2 Å². The topological polar surface area (TPSA) is 75.9 Å². The normalized spacial score (nSPS) is 18.5. The monoisotopic (exact) mass is 281 g/mol. The van der Waals surface area contributed by atoms with Crippen LogP contribution < -0.4 is 5.73 Å². The second-order valence-electron chi connectivity index (χ2n) is 3.73. The van der Waals surface area contributed by atoms with Crippen molar-refractivity contribution in [3.8, 4) is 0 Å². The molecule has 1 rings (SSSR count). The standard InChI is InChI=1S/C9H19N3O3S2/c1-2-11(4-3-9(10)16)17(13,14)12-5-7-15-8-6-12/h2-8H2,1H3,(H2,10,16). The largest absolute Gasteiger partial charge is 0.393 e. The van der Waals surface area contributed by atoms with Gasteiger partial charge in [-0.2, -0.15) is 17.0 Å². The molecule has 1 fully saturated rings. The highest BCUT2D eigenvalue weighted by atomic mass is 32.2. The summed E-state index contributed by atoms with van der Waals surface area (Å²) in [5, 5.41) is 0. The average Bonchev–Trinajstić information content (AvgIpc) is 2.30. The molecule has 2 N–H and O–H groups in total. The first kappa shape index (κ1) is 14.8. The van der Waals surface area contributed by atoms with Gasteiger partial charge in [-0.1, -0.05) is 19.1 Å². The molecule has 0 unspecified atom stereocenters. The van der Waals surface area contributed by atoms with Crippen molar-refractivity contribution in [1.82, 2.24) is 8.61 Å². The molecule has 17 heavy (non-hydrogen) atoms. The summed E-state index contributed by atoms with van der Waals surface area (Å²) in [4.78, 5) is 0.334. The first-order valence-corrected chi connectivity index (χ1v) is 7.40. The van der Waals surface area contributed by atoms with E-state index < -0.39 is 10.2 Å². The molecule has 0 atom stereocenters. The number of rotatable bonds is 6. The molecule has 0 radical (unpaired) electrons. The first-order valence-electron chi connectivity index (χ1n) is 5.59. The van der Waals surface area contributed by atoms with Crippen LogP contribution in [0.5, 0.6) is 0 Å². The van der Waals surface area contributed by atoms with E-state index in [-0.39, 0.29) is 0 Å². The van der Waals surface area contributed by atoms with E-state index in [0.29, 0.717) is 50.8 Å². The summed E-state index contributed by atoms with van der Waals surface area (Å²) in [6.07, 6.45) is 0.409. The molecule has 0 spiro atoms. The lowest BCUT2D eigenvalue weighted by Gasteiger charge is -2.31. The molecule has 100 valence electrons. The summed E-state index contributed by atoms with van der Waals surface area (Å²) in [6, 6.07) is 0. The van der Waals surface area contributed by atoms with E-state index in [0.717, 1.165) is 0 Å². The molecule has 1 heterocycles. The third-order valence-electron chi connectivity index (χ3n) is 2.58. The fourth-order valence-corrected chi connectivity index (χ4v) is 3.29. The lowest BCUT2D eigenvalue weighted by Crippen LogP contribution is -2.49. The molecule has 0 aromatic heterocycles. The smallest absolute Gasteiger partial charge is 0.282 e. The second-order valence-corrected chi connectivity index (χ2v) is 6.18. The molecule has 0 saturated carbocycles. The molecule has 8 heteroatoms. The minimum atomic E-state index is -3.40. The fraction of sp³-hybridized carbons (Fsp3) is 0.889. The summed E-state index contributed by atoms with van der Waals surface area (Å²) in [5.74, 6) is 0. The van der Waals surface area contributed by atoms with Crippen LogP contribution in [-0.4, -0.2) is 61.4 Å². The summed E-state index contributed by atoms with van der Waals surface area (Å²) in [5.41, 5.74) is 5.39. The van der Waals surface area contributed by atoms with E-state index >= 15 is 0 Å². The average molecular weight is 281 g/mol. The van der Waals surface area contributed by atoms with E-state index in [1.54, 1.807) is 6.92 Å².